The van der Waals surface area contributed by atoms with E-state index < -0.39 is 23.8 Å². The summed E-state index contributed by atoms with van der Waals surface area (Å²) in [5.74, 6) is -1.25. The van der Waals surface area contributed by atoms with Gasteiger partial charge < -0.3 is 18.3 Å². The van der Waals surface area contributed by atoms with Gasteiger partial charge in [-0.05, 0) is 62.4 Å². The van der Waals surface area contributed by atoms with Crippen LogP contribution < -0.4 is 10.9 Å². The summed E-state index contributed by atoms with van der Waals surface area (Å²) in [7, 11) is 0. The van der Waals surface area contributed by atoms with Crippen LogP contribution in [0.4, 0.5) is 0 Å². The summed E-state index contributed by atoms with van der Waals surface area (Å²) >= 11 is 0. The first-order chi connectivity index (χ1) is 20.4. The first-order valence-electron chi connectivity index (χ1n) is 12.8. The molecule has 0 bridgehead atoms. The molecule has 0 aliphatic heterocycles. The molecule has 2 amide bonds. The van der Waals surface area contributed by atoms with E-state index in [9.17, 15) is 19.2 Å². The summed E-state index contributed by atoms with van der Waals surface area (Å²) < 4.78 is 21.3. The molecular weight excluding hydrogens is 544 g/mol. The van der Waals surface area contributed by atoms with Gasteiger partial charge in [-0.2, -0.15) is 10.2 Å². The second-order valence-electron chi connectivity index (χ2n) is 8.40. The van der Waals surface area contributed by atoms with E-state index >= 15 is 0 Å². The molecule has 0 radical (unpaired) electrons. The maximum atomic E-state index is 12.0. The number of rotatable bonds is 10. The number of furan rings is 2. The van der Waals surface area contributed by atoms with Crippen molar-refractivity contribution in [1.29, 1.82) is 0 Å². The van der Waals surface area contributed by atoms with Gasteiger partial charge in [0.15, 0.2) is 0 Å². The van der Waals surface area contributed by atoms with Crippen LogP contribution in [0.5, 0.6) is 0 Å². The zero-order valence-electron chi connectivity index (χ0n) is 22.7. The third-order valence-electron chi connectivity index (χ3n) is 5.54. The second kappa shape index (κ2) is 14.0. The van der Waals surface area contributed by atoms with Crippen LogP contribution in [-0.4, -0.2) is 49.4 Å². The van der Waals surface area contributed by atoms with E-state index in [0.29, 0.717) is 34.2 Å². The predicted molar refractivity (Wildman–Crippen MR) is 152 cm³/mol. The van der Waals surface area contributed by atoms with Crippen LogP contribution in [0.1, 0.15) is 46.1 Å². The fraction of sp³-hybridized carbons (Fsp3) is 0.133. The zero-order chi connectivity index (χ0) is 29.9. The Morgan fingerprint density at radius 1 is 0.619 bits per heavy atom. The standard InChI is InChI=1S/C30H26N4O8/c1-3-39-29(37)21-9-5-19(6-10-21)25-15-13-23(41-25)17-31-33-27(35)28(36)34-32-18-24-14-16-26(42-24)20-7-11-22(12-8-20)30(38)40-4-2/h5-18H,3-4H2,1-2H3,(H,33,35)(H,34,36)/b31-17-,32-18+. The Morgan fingerprint density at radius 3 is 1.36 bits per heavy atom. The summed E-state index contributed by atoms with van der Waals surface area (Å²) in [6, 6.07) is 20.0. The van der Waals surface area contributed by atoms with Gasteiger partial charge in [0.25, 0.3) is 0 Å². The Hall–Kier alpha value is -5.78. The van der Waals surface area contributed by atoms with Crippen LogP contribution in [0, 0.1) is 0 Å². The lowest BCUT2D eigenvalue weighted by Crippen LogP contribution is -2.35. The van der Waals surface area contributed by atoms with Crippen LogP contribution in [0.3, 0.4) is 0 Å². The highest BCUT2D eigenvalue weighted by molar-refractivity contribution is 6.35. The first-order valence-corrected chi connectivity index (χ1v) is 12.8. The lowest BCUT2D eigenvalue weighted by atomic mass is 10.1. The fourth-order valence-electron chi connectivity index (χ4n) is 3.54. The number of esters is 2. The number of ether oxygens (including phenoxy) is 2. The van der Waals surface area contributed by atoms with Crippen molar-refractivity contribution >= 4 is 36.2 Å². The highest BCUT2D eigenvalue weighted by atomic mass is 16.5. The molecule has 4 rings (SSSR count). The van der Waals surface area contributed by atoms with Gasteiger partial charge in [0.1, 0.15) is 23.0 Å². The van der Waals surface area contributed by atoms with Gasteiger partial charge in [-0.15, -0.1) is 0 Å². The van der Waals surface area contributed by atoms with E-state index in [0.717, 1.165) is 11.1 Å². The number of hydrogen-bond donors (Lipinski definition) is 2. The number of nitrogens with zero attached hydrogens (tertiary/aromatic N) is 2. The Balaban J connectivity index is 1.24. The molecule has 0 unspecified atom stereocenters. The third kappa shape index (κ3) is 7.66. The Kier molecular flexibility index (Phi) is 9.76. The highest BCUT2D eigenvalue weighted by Gasteiger charge is 2.13. The van der Waals surface area contributed by atoms with Crippen molar-refractivity contribution < 1.29 is 37.5 Å². The van der Waals surface area contributed by atoms with E-state index in [1.165, 1.54) is 12.4 Å². The summed E-state index contributed by atoms with van der Waals surface area (Å²) in [5, 5.41) is 7.44. The SMILES string of the molecule is CCOC(=O)c1ccc(-c2ccc(/C=N\NC(=O)C(=O)N/N=C/c3ccc(-c4ccc(C(=O)OCC)cc4)o3)o2)cc1. The van der Waals surface area contributed by atoms with Crippen molar-refractivity contribution in [2.75, 3.05) is 13.2 Å². The van der Waals surface area contributed by atoms with Crippen LogP contribution in [0.2, 0.25) is 0 Å². The number of benzene rings is 2. The minimum atomic E-state index is -1.05. The van der Waals surface area contributed by atoms with Gasteiger partial charge in [-0.1, -0.05) is 24.3 Å². The first kappa shape index (κ1) is 29.2. The molecule has 12 nitrogen and oxygen atoms in total. The molecule has 0 fully saturated rings. The quantitative estimate of drug-likeness (QED) is 0.124. The Bertz CT molecular complexity index is 1490. The van der Waals surface area contributed by atoms with E-state index in [4.69, 9.17) is 18.3 Å². The van der Waals surface area contributed by atoms with E-state index in [1.54, 1.807) is 86.6 Å². The molecule has 2 aromatic carbocycles. The molecule has 0 atom stereocenters. The van der Waals surface area contributed by atoms with Crippen molar-refractivity contribution in [3.63, 3.8) is 0 Å². The summed E-state index contributed by atoms with van der Waals surface area (Å²) in [4.78, 5) is 47.6. The zero-order valence-corrected chi connectivity index (χ0v) is 22.7. The van der Waals surface area contributed by atoms with Crippen LogP contribution in [0.15, 0.2) is 91.8 Å². The number of nitrogens with one attached hydrogen (secondary N) is 2. The van der Waals surface area contributed by atoms with E-state index in [2.05, 4.69) is 21.1 Å². The van der Waals surface area contributed by atoms with Crippen molar-refractivity contribution in [1.82, 2.24) is 10.9 Å². The maximum absolute atomic E-state index is 12.0. The minimum Gasteiger partial charge on any atom is -0.462 e. The second-order valence-corrected chi connectivity index (χ2v) is 8.40. The Morgan fingerprint density at radius 2 is 1.00 bits per heavy atom. The predicted octanol–water partition coefficient (Wildman–Crippen LogP) is 4.16. The van der Waals surface area contributed by atoms with E-state index in [-0.39, 0.29) is 13.2 Å². The molecule has 2 N–H and O–H groups in total. The summed E-state index contributed by atoms with van der Waals surface area (Å²) in [5.41, 5.74) is 6.46. The normalized spacial score (nSPS) is 11.0. The average Bonchev–Trinajstić information content (AvgIpc) is 3.68. The molecule has 42 heavy (non-hydrogen) atoms. The van der Waals surface area contributed by atoms with Crippen molar-refractivity contribution in [2.24, 2.45) is 10.2 Å². The van der Waals surface area contributed by atoms with E-state index in [1.807, 2.05) is 0 Å². The topological polar surface area (TPSA) is 162 Å². The number of hydrazone groups is 2. The van der Waals surface area contributed by atoms with Crippen molar-refractivity contribution in [3.8, 4) is 22.6 Å². The molecule has 12 heteroatoms. The van der Waals surface area contributed by atoms with Gasteiger partial charge in [0.05, 0.1) is 36.8 Å². The molecule has 214 valence electrons. The Labute approximate surface area is 240 Å². The molecular formula is C30H26N4O8. The molecule has 0 aliphatic rings. The van der Waals surface area contributed by atoms with Gasteiger partial charge in [-0.3, -0.25) is 9.59 Å². The molecule has 0 saturated heterocycles. The molecule has 4 aromatic rings. The third-order valence-corrected chi connectivity index (χ3v) is 5.54. The summed E-state index contributed by atoms with van der Waals surface area (Å²) in [6.45, 7) is 4.05. The monoisotopic (exact) mass is 570 g/mol. The van der Waals surface area contributed by atoms with Crippen LogP contribution >= 0.6 is 0 Å². The summed E-state index contributed by atoms with van der Waals surface area (Å²) in [6.07, 6.45) is 2.46. The maximum Gasteiger partial charge on any atom is 0.338 e. The number of carbonyl (C=O) groups excluding carboxylic acids is 4. The van der Waals surface area contributed by atoms with Crippen LogP contribution in [0.25, 0.3) is 22.6 Å². The number of amides is 2. The lowest BCUT2D eigenvalue weighted by Gasteiger charge is -2.02. The van der Waals surface area contributed by atoms with Crippen molar-refractivity contribution in [2.45, 2.75) is 13.8 Å². The molecule has 2 heterocycles. The minimum absolute atomic E-state index is 0.289. The molecule has 2 aromatic heterocycles. The fourth-order valence-corrected chi connectivity index (χ4v) is 3.54. The smallest absolute Gasteiger partial charge is 0.338 e. The van der Waals surface area contributed by atoms with Gasteiger partial charge >= 0.3 is 23.8 Å². The van der Waals surface area contributed by atoms with Gasteiger partial charge in [0, 0.05) is 11.1 Å². The molecule has 0 saturated carbocycles. The van der Waals surface area contributed by atoms with Gasteiger partial charge in [-0.25, -0.2) is 20.4 Å². The molecule has 0 spiro atoms. The average molecular weight is 571 g/mol. The number of carbonyl (C=O) groups is 4. The highest BCUT2D eigenvalue weighted by Crippen LogP contribution is 2.23. The number of hydrogen-bond acceptors (Lipinski definition) is 10. The van der Waals surface area contributed by atoms with Gasteiger partial charge in [0.2, 0.25) is 0 Å². The lowest BCUT2D eigenvalue weighted by molar-refractivity contribution is -0.139. The largest absolute Gasteiger partial charge is 0.462 e. The molecule has 0 aliphatic carbocycles. The van der Waals surface area contributed by atoms with Crippen molar-refractivity contribution in [3.05, 3.63) is 95.4 Å². The van der Waals surface area contributed by atoms with Crippen LogP contribution in [-0.2, 0) is 19.1 Å².